The van der Waals surface area contributed by atoms with Crippen LogP contribution in [0.15, 0.2) is 6.20 Å². The molecule has 2 heterocycles. The Kier molecular flexibility index (Phi) is 4.70. The van der Waals surface area contributed by atoms with Crippen molar-refractivity contribution in [1.82, 2.24) is 15.3 Å². The van der Waals surface area contributed by atoms with Crippen LogP contribution < -0.4 is 5.32 Å². The SMILES string of the molecule is CNCc1cnc(C2SCCSC2C)nc1C. The van der Waals surface area contributed by atoms with Gasteiger partial charge in [-0.1, -0.05) is 6.92 Å². The third kappa shape index (κ3) is 3.14. The third-order valence-corrected chi connectivity index (χ3v) is 6.00. The summed E-state index contributed by atoms with van der Waals surface area (Å²) in [5, 5.41) is 4.21. The molecule has 17 heavy (non-hydrogen) atoms. The van der Waals surface area contributed by atoms with Crippen LogP contribution in [0.5, 0.6) is 0 Å². The maximum absolute atomic E-state index is 4.68. The van der Waals surface area contributed by atoms with E-state index in [2.05, 4.69) is 29.1 Å². The van der Waals surface area contributed by atoms with Gasteiger partial charge in [0.1, 0.15) is 5.82 Å². The summed E-state index contributed by atoms with van der Waals surface area (Å²) < 4.78 is 0. The summed E-state index contributed by atoms with van der Waals surface area (Å²) in [5.41, 5.74) is 2.30. The summed E-state index contributed by atoms with van der Waals surface area (Å²) >= 11 is 4.02. The molecule has 0 spiro atoms. The minimum Gasteiger partial charge on any atom is -0.316 e. The highest BCUT2D eigenvalue weighted by molar-refractivity contribution is 8.06. The highest BCUT2D eigenvalue weighted by Crippen LogP contribution is 2.40. The third-order valence-electron chi connectivity index (χ3n) is 2.91. The molecule has 1 fully saturated rings. The van der Waals surface area contributed by atoms with E-state index in [9.17, 15) is 0 Å². The lowest BCUT2D eigenvalue weighted by Gasteiger charge is -2.26. The zero-order valence-electron chi connectivity index (χ0n) is 10.6. The topological polar surface area (TPSA) is 37.8 Å². The number of nitrogens with one attached hydrogen (secondary N) is 1. The number of aromatic nitrogens is 2. The number of aryl methyl sites for hydroxylation is 1. The van der Waals surface area contributed by atoms with E-state index >= 15 is 0 Å². The first-order valence-corrected chi connectivity index (χ1v) is 8.02. The van der Waals surface area contributed by atoms with Gasteiger partial charge in [-0.15, -0.1) is 11.8 Å². The molecule has 0 aliphatic carbocycles. The van der Waals surface area contributed by atoms with E-state index in [-0.39, 0.29) is 0 Å². The van der Waals surface area contributed by atoms with Gasteiger partial charge in [-0.2, -0.15) is 11.8 Å². The molecule has 1 aromatic rings. The Hall–Kier alpha value is -0.260. The Bertz CT molecular complexity index is 384. The molecule has 94 valence electrons. The van der Waals surface area contributed by atoms with Gasteiger partial charge < -0.3 is 5.32 Å². The summed E-state index contributed by atoms with van der Waals surface area (Å²) in [6.07, 6.45) is 1.97. The minimum atomic E-state index is 0.455. The number of rotatable bonds is 3. The van der Waals surface area contributed by atoms with Crippen LogP contribution in [-0.4, -0.2) is 33.8 Å². The smallest absolute Gasteiger partial charge is 0.142 e. The van der Waals surface area contributed by atoms with Gasteiger partial charge in [0.25, 0.3) is 0 Å². The molecular formula is C12H19N3S2. The molecule has 0 radical (unpaired) electrons. The zero-order chi connectivity index (χ0) is 12.3. The molecule has 1 aliphatic heterocycles. The van der Waals surface area contributed by atoms with Crippen LogP contribution in [0.4, 0.5) is 0 Å². The van der Waals surface area contributed by atoms with Crippen molar-refractivity contribution in [2.75, 3.05) is 18.6 Å². The quantitative estimate of drug-likeness (QED) is 0.912. The molecule has 1 aliphatic rings. The minimum absolute atomic E-state index is 0.455. The number of hydrogen-bond donors (Lipinski definition) is 1. The summed E-state index contributed by atoms with van der Waals surface area (Å²) in [5.74, 6) is 3.46. The monoisotopic (exact) mass is 269 g/mol. The van der Waals surface area contributed by atoms with E-state index in [4.69, 9.17) is 0 Å². The van der Waals surface area contributed by atoms with Gasteiger partial charge in [-0.05, 0) is 14.0 Å². The molecule has 5 heteroatoms. The van der Waals surface area contributed by atoms with Crippen LogP contribution in [0.2, 0.25) is 0 Å². The average Bonchev–Trinajstić information content (AvgIpc) is 2.33. The Balaban J connectivity index is 2.18. The predicted octanol–water partition coefficient (Wildman–Crippen LogP) is 2.41. The van der Waals surface area contributed by atoms with Crippen molar-refractivity contribution >= 4 is 23.5 Å². The van der Waals surface area contributed by atoms with E-state index in [1.165, 1.54) is 17.1 Å². The van der Waals surface area contributed by atoms with Crippen LogP contribution in [0, 0.1) is 6.92 Å². The lowest BCUT2D eigenvalue weighted by Crippen LogP contribution is -2.19. The summed E-state index contributed by atoms with van der Waals surface area (Å²) in [6, 6.07) is 0. The maximum Gasteiger partial charge on any atom is 0.142 e. The molecule has 0 amide bonds. The van der Waals surface area contributed by atoms with Gasteiger partial charge in [0.05, 0.1) is 5.25 Å². The molecule has 0 aromatic carbocycles. The van der Waals surface area contributed by atoms with Crippen molar-refractivity contribution in [2.45, 2.75) is 30.9 Å². The maximum atomic E-state index is 4.68. The molecule has 2 atom stereocenters. The number of thioether (sulfide) groups is 2. The van der Waals surface area contributed by atoms with Crippen molar-refractivity contribution in [2.24, 2.45) is 0 Å². The highest BCUT2D eigenvalue weighted by atomic mass is 32.2. The van der Waals surface area contributed by atoms with Gasteiger partial charge in [0.15, 0.2) is 0 Å². The first-order valence-electron chi connectivity index (χ1n) is 5.92. The molecule has 0 saturated carbocycles. The second-order valence-corrected chi connectivity index (χ2v) is 6.97. The zero-order valence-corrected chi connectivity index (χ0v) is 12.2. The Morgan fingerprint density at radius 2 is 2.18 bits per heavy atom. The van der Waals surface area contributed by atoms with Crippen LogP contribution in [0.1, 0.15) is 29.3 Å². The highest BCUT2D eigenvalue weighted by Gasteiger charge is 2.26. The fourth-order valence-electron chi connectivity index (χ4n) is 1.93. The number of nitrogens with zero attached hydrogens (tertiary/aromatic N) is 2. The largest absolute Gasteiger partial charge is 0.316 e. The van der Waals surface area contributed by atoms with E-state index < -0.39 is 0 Å². The summed E-state index contributed by atoms with van der Waals surface area (Å²) in [6.45, 7) is 5.19. The van der Waals surface area contributed by atoms with Gasteiger partial charge in [-0.25, -0.2) is 9.97 Å². The Morgan fingerprint density at radius 1 is 1.41 bits per heavy atom. The summed E-state index contributed by atoms with van der Waals surface area (Å²) in [4.78, 5) is 9.23. The molecule has 1 N–H and O–H groups in total. The van der Waals surface area contributed by atoms with Crippen molar-refractivity contribution in [3.8, 4) is 0 Å². The predicted molar refractivity (Wildman–Crippen MR) is 76.7 cm³/mol. The second kappa shape index (κ2) is 6.07. The fourth-order valence-corrected chi connectivity index (χ4v) is 4.62. The molecule has 3 nitrogen and oxygen atoms in total. The van der Waals surface area contributed by atoms with Gasteiger partial charge in [-0.3, -0.25) is 0 Å². The fraction of sp³-hybridized carbons (Fsp3) is 0.667. The van der Waals surface area contributed by atoms with Gasteiger partial charge in [0.2, 0.25) is 0 Å². The van der Waals surface area contributed by atoms with Crippen LogP contribution in [-0.2, 0) is 6.54 Å². The lowest BCUT2D eigenvalue weighted by molar-refractivity contribution is 0.765. The molecule has 0 bridgehead atoms. The first kappa shape index (κ1) is 13.2. The van der Waals surface area contributed by atoms with Crippen LogP contribution in [0.3, 0.4) is 0 Å². The van der Waals surface area contributed by atoms with Crippen molar-refractivity contribution in [1.29, 1.82) is 0 Å². The standard InChI is InChI=1S/C12H19N3S2/c1-8-10(6-13-3)7-14-12(15-8)11-9(2)16-4-5-17-11/h7,9,11,13H,4-6H2,1-3H3. The van der Waals surface area contributed by atoms with Crippen molar-refractivity contribution in [3.63, 3.8) is 0 Å². The van der Waals surface area contributed by atoms with Gasteiger partial charge >= 0.3 is 0 Å². The van der Waals surface area contributed by atoms with E-state index in [1.54, 1.807) is 0 Å². The first-order chi connectivity index (χ1) is 8.22. The lowest BCUT2D eigenvalue weighted by atomic mass is 10.2. The molecule has 2 rings (SSSR count). The molecular weight excluding hydrogens is 250 g/mol. The Labute approximate surface area is 112 Å². The van der Waals surface area contributed by atoms with Gasteiger partial charge in [0, 0.05) is 40.8 Å². The van der Waals surface area contributed by atoms with Crippen molar-refractivity contribution < 1.29 is 0 Å². The average molecular weight is 269 g/mol. The van der Waals surface area contributed by atoms with E-state index in [0.717, 1.165) is 18.1 Å². The number of hydrogen-bond acceptors (Lipinski definition) is 5. The molecule has 1 saturated heterocycles. The van der Waals surface area contributed by atoms with E-state index in [0.29, 0.717) is 10.5 Å². The Morgan fingerprint density at radius 3 is 2.82 bits per heavy atom. The second-order valence-electron chi connectivity index (χ2n) is 4.24. The van der Waals surface area contributed by atoms with Crippen molar-refractivity contribution in [3.05, 3.63) is 23.3 Å². The normalized spacial score (nSPS) is 24.9. The van der Waals surface area contributed by atoms with E-state index in [1.807, 2.05) is 36.8 Å². The molecule has 2 unspecified atom stereocenters. The molecule has 1 aromatic heterocycles. The van der Waals surface area contributed by atoms with Crippen LogP contribution in [0.25, 0.3) is 0 Å². The van der Waals surface area contributed by atoms with Crippen LogP contribution >= 0.6 is 23.5 Å². The summed E-state index contributed by atoms with van der Waals surface area (Å²) in [7, 11) is 1.95.